The minimum atomic E-state index is 0.00977. The van der Waals surface area contributed by atoms with Crippen LogP contribution in [0.2, 0.25) is 0 Å². The third kappa shape index (κ3) is 2.64. The molecular weight excluding hydrogens is 178 g/mol. The molecule has 1 aliphatic rings. The molecule has 1 rings (SSSR count). The first-order chi connectivity index (χ1) is 6.26. The van der Waals surface area contributed by atoms with Gasteiger partial charge in [0.2, 0.25) is 0 Å². The van der Waals surface area contributed by atoms with E-state index in [1.165, 1.54) is 19.3 Å². The lowest BCUT2D eigenvalue weighted by Crippen LogP contribution is -2.39. The molecular formula is C11H19NS. The SMILES string of the molecule is CCCSC1(C#N)CC(CCC)C1. The summed E-state index contributed by atoms with van der Waals surface area (Å²) in [6, 6.07) is 2.50. The Balaban J connectivity index is 2.28. The average molecular weight is 197 g/mol. The second-order valence-electron chi connectivity index (χ2n) is 4.02. The van der Waals surface area contributed by atoms with Crippen molar-refractivity contribution in [2.24, 2.45) is 5.92 Å². The Morgan fingerprint density at radius 1 is 1.38 bits per heavy atom. The van der Waals surface area contributed by atoms with E-state index < -0.39 is 0 Å². The van der Waals surface area contributed by atoms with Gasteiger partial charge in [-0.05, 0) is 30.9 Å². The van der Waals surface area contributed by atoms with Crippen molar-refractivity contribution in [2.75, 3.05) is 5.75 Å². The van der Waals surface area contributed by atoms with Crippen molar-refractivity contribution in [2.45, 2.75) is 50.7 Å². The van der Waals surface area contributed by atoms with Crippen molar-refractivity contribution in [3.05, 3.63) is 0 Å². The van der Waals surface area contributed by atoms with Crippen LogP contribution in [-0.4, -0.2) is 10.5 Å². The van der Waals surface area contributed by atoms with E-state index in [2.05, 4.69) is 19.9 Å². The quantitative estimate of drug-likeness (QED) is 0.672. The van der Waals surface area contributed by atoms with Gasteiger partial charge in [-0.15, -0.1) is 11.8 Å². The van der Waals surface area contributed by atoms with Crippen LogP contribution in [0, 0.1) is 17.2 Å². The fraction of sp³-hybridized carbons (Fsp3) is 0.909. The molecule has 1 fully saturated rings. The molecule has 0 saturated heterocycles. The first-order valence-corrected chi connectivity index (χ1v) is 6.30. The van der Waals surface area contributed by atoms with Gasteiger partial charge in [0.05, 0.1) is 6.07 Å². The first-order valence-electron chi connectivity index (χ1n) is 5.31. The predicted molar refractivity (Wildman–Crippen MR) is 58.7 cm³/mol. The van der Waals surface area contributed by atoms with Crippen LogP contribution >= 0.6 is 11.8 Å². The molecule has 1 aliphatic carbocycles. The number of hydrogen-bond acceptors (Lipinski definition) is 2. The summed E-state index contributed by atoms with van der Waals surface area (Å²) < 4.78 is 0.00977. The highest BCUT2D eigenvalue weighted by molar-refractivity contribution is 8.00. The summed E-state index contributed by atoms with van der Waals surface area (Å²) in [5, 5.41) is 9.08. The molecule has 74 valence electrons. The number of nitriles is 1. The van der Waals surface area contributed by atoms with Crippen LogP contribution in [0.1, 0.15) is 46.0 Å². The van der Waals surface area contributed by atoms with Crippen LogP contribution in [0.25, 0.3) is 0 Å². The van der Waals surface area contributed by atoms with Gasteiger partial charge < -0.3 is 0 Å². The zero-order chi connectivity index (χ0) is 9.73. The molecule has 0 spiro atoms. The summed E-state index contributed by atoms with van der Waals surface area (Å²) in [7, 11) is 0. The largest absolute Gasteiger partial charge is 0.197 e. The standard InChI is InChI=1S/C11H19NS/c1-3-5-10-7-11(8-10,9-12)13-6-4-2/h10H,3-8H2,1-2H3. The second kappa shape index (κ2) is 4.91. The van der Waals surface area contributed by atoms with E-state index in [0.717, 1.165) is 24.5 Å². The van der Waals surface area contributed by atoms with E-state index >= 15 is 0 Å². The number of hydrogen-bond donors (Lipinski definition) is 0. The lowest BCUT2D eigenvalue weighted by Gasteiger charge is -2.42. The Labute approximate surface area is 85.9 Å². The Hall–Kier alpha value is -0.160. The van der Waals surface area contributed by atoms with E-state index in [0.29, 0.717) is 0 Å². The predicted octanol–water partition coefficient (Wildman–Crippen LogP) is 3.60. The molecule has 0 aromatic rings. The molecule has 0 radical (unpaired) electrons. The number of thioether (sulfide) groups is 1. The molecule has 13 heavy (non-hydrogen) atoms. The van der Waals surface area contributed by atoms with Gasteiger partial charge in [0, 0.05) is 0 Å². The molecule has 0 aromatic heterocycles. The summed E-state index contributed by atoms with van der Waals surface area (Å²) in [4.78, 5) is 0. The molecule has 1 saturated carbocycles. The summed E-state index contributed by atoms with van der Waals surface area (Å²) in [5.74, 6) is 1.99. The van der Waals surface area contributed by atoms with Crippen molar-refractivity contribution >= 4 is 11.8 Å². The van der Waals surface area contributed by atoms with Gasteiger partial charge in [-0.1, -0.05) is 26.7 Å². The summed E-state index contributed by atoms with van der Waals surface area (Å²) in [5.41, 5.74) is 0. The van der Waals surface area contributed by atoms with Gasteiger partial charge in [0.1, 0.15) is 4.75 Å². The van der Waals surface area contributed by atoms with Crippen molar-refractivity contribution in [3.63, 3.8) is 0 Å². The maximum absolute atomic E-state index is 9.08. The lowest BCUT2D eigenvalue weighted by atomic mass is 9.73. The number of nitrogens with zero attached hydrogens (tertiary/aromatic N) is 1. The van der Waals surface area contributed by atoms with Gasteiger partial charge in [-0.3, -0.25) is 0 Å². The molecule has 2 heteroatoms. The zero-order valence-corrected chi connectivity index (χ0v) is 9.49. The van der Waals surface area contributed by atoms with Gasteiger partial charge >= 0.3 is 0 Å². The monoisotopic (exact) mass is 197 g/mol. The van der Waals surface area contributed by atoms with E-state index in [-0.39, 0.29) is 4.75 Å². The summed E-state index contributed by atoms with van der Waals surface area (Å²) in [6.45, 7) is 4.41. The highest BCUT2D eigenvalue weighted by atomic mass is 32.2. The highest BCUT2D eigenvalue weighted by Gasteiger charge is 2.44. The van der Waals surface area contributed by atoms with Crippen LogP contribution in [0.15, 0.2) is 0 Å². The van der Waals surface area contributed by atoms with Crippen molar-refractivity contribution in [3.8, 4) is 6.07 Å². The van der Waals surface area contributed by atoms with Crippen molar-refractivity contribution < 1.29 is 0 Å². The van der Waals surface area contributed by atoms with Gasteiger partial charge in [-0.25, -0.2) is 0 Å². The summed E-state index contributed by atoms with van der Waals surface area (Å²) >= 11 is 1.88. The van der Waals surface area contributed by atoms with E-state index in [4.69, 9.17) is 5.26 Å². The summed E-state index contributed by atoms with van der Waals surface area (Å²) in [6.07, 6.45) is 6.05. The fourth-order valence-electron chi connectivity index (χ4n) is 2.02. The zero-order valence-electron chi connectivity index (χ0n) is 8.68. The topological polar surface area (TPSA) is 23.8 Å². The van der Waals surface area contributed by atoms with E-state index in [9.17, 15) is 0 Å². The maximum Gasteiger partial charge on any atom is 0.103 e. The molecule has 0 aliphatic heterocycles. The average Bonchev–Trinajstić information content (AvgIpc) is 2.09. The van der Waals surface area contributed by atoms with Gasteiger partial charge in [0.25, 0.3) is 0 Å². The molecule has 0 bridgehead atoms. The maximum atomic E-state index is 9.08. The third-order valence-electron chi connectivity index (χ3n) is 2.72. The molecule has 0 aromatic carbocycles. The minimum absolute atomic E-state index is 0.00977. The smallest absolute Gasteiger partial charge is 0.103 e. The third-order valence-corrected chi connectivity index (χ3v) is 4.31. The minimum Gasteiger partial charge on any atom is -0.197 e. The molecule has 0 atom stereocenters. The Morgan fingerprint density at radius 3 is 2.54 bits per heavy atom. The normalized spacial score (nSPS) is 32.2. The van der Waals surface area contributed by atoms with E-state index in [1.54, 1.807) is 0 Å². The Morgan fingerprint density at radius 2 is 2.08 bits per heavy atom. The molecule has 1 nitrogen and oxygen atoms in total. The van der Waals surface area contributed by atoms with Crippen molar-refractivity contribution in [1.82, 2.24) is 0 Å². The highest BCUT2D eigenvalue weighted by Crippen LogP contribution is 2.49. The van der Waals surface area contributed by atoms with E-state index in [1.807, 2.05) is 11.8 Å². The van der Waals surface area contributed by atoms with Gasteiger partial charge in [-0.2, -0.15) is 5.26 Å². The first kappa shape index (κ1) is 10.9. The molecule has 0 unspecified atom stereocenters. The second-order valence-corrected chi connectivity index (χ2v) is 5.50. The van der Waals surface area contributed by atoms with Crippen LogP contribution in [0.3, 0.4) is 0 Å². The molecule has 0 N–H and O–H groups in total. The van der Waals surface area contributed by atoms with Crippen LogP contribution in [0.5, 0.6) is 0 Å². The van der Waals surface area contributed by atoms with Crippen LogP contribution in [0.4, 0.5) is 0 Å². The van der Waals surface area contributed by atoms with Crippen LogP contribution < -0.4 is 0 Å². The van der Waals surface area contributed by atoms with Crippen LogP contribution in [-0.2, 0) is 0 Å². The fourth-order valence-corrected chi connectivity index (χ4v) is 3.39. The lowest BCUT2D eigenvalue weighted by molar-refractivity contribution is 0.258. The van der Waals surface area contributed by atoms with Crippen molar-refractivity contribution in [1.29, 1.82) is 5.26 Å². The Bertz CT molecular complexity index is 189. The molecule has 0 amide bonds. The molecule has 0 heterocycles. The number of rotatable bonds is 5. The Kier molecular flexibility index (Phi) is 4.12. The van der Waals surface area contributed by atoms with Gasteiger partial charge in [0.15, 0.2) is 0 Å².